The van der Waals surface area contributed by atoms with Crippen LogP contribution >= 0.6 is 23.2 Å². The van der Waals surface area contributed by atoms with Crippen molar-refractivity contribution in [2.75, 3.05) is 30.6 Å². The summed E-state index contributed by atoms with van der Waals surface area (Å²) in [7, 11) is 0. The van der Waals surface area contributed by atoms with E-state index in [0.717, 1.165) is 30.6 Å². The number of carbonyl (C=O) groups excluding carboxylic acids is 1. The molecule has 1 rings (SSSR count). The van der Waals surface area contributed by atoms with E-state index in [1.165, 1.54) is 0 Å². The summed E-state index contributed by atoms with van der Waals surface area (Å²) in [6.45, 7) is 5.90. The smallest absolute Gasteiger partial charge is 0.311 e. The second-order valence-electron chi connectivity index (χ2n) is 5.16. The van der Waals surface area contributed by atoms with E-state index in [2.05, 4.69) is 4.90 Å². The molecule has 0 amide bonds. The van der Waals surface area contributed by atoms with Crippen LogP contribution in [0.15, 0.2) is 12.1 Å². The molecule has 0 atom stereocenters. The fourth-order valence-electron chi connectivity index (χ4n) is 2.14. The van der Waals surface area contributed by atoms with Crippen LogP contribution in [0, 0.1) is 6.92 Å². The Morgan fingerprint density at radius 3 is 2.45 bits per heavy atom. The molecule has 0 aliphatic heterocycles. The highest BCUT2D eigenvalue weighted by Crippen LogP contribution is 2.31. The number of carbonyl (C=O) groups is 1. The maximum atomic E-state index is 11.7. The standard InChI is InChI=1S/C16H24Cl2N2O2/c1-3-4-14(21)22-16-12(2)5-6-13(15(16)19)11-20(9-7-17)10-8-18/h5-6H,3-4,7-11,19H2,1-2H3. The van der Waals surface area contributed by atoms with Gasteiger partial charge in [-0.1, -0.05) is 19.1 Å². The largest absolute Gasteiger partial charge is 0.424 e. The van der Waals surface area contributed by atoms with E-state index in [-0.39, 0.29) is 5.97 Å². The lowest BCUT2D eigenvalue weighted by Gasteiger charge is -2.22. The number of esters is 1. The summed E-state index contributed by atoms with van der Waals surface area (Å²) in [4.78, 5) is 13.9. The molecule has 0 spiro atoms. The lowest BCUT2D eigenvalue weighted by atomic mass is 10.1. The molecule has 0 fully saturated rings. The number of benzene rings is 1. The zero-order chi connectivity index (χ0) is 16.5. The van der Waals surface area contributed by atoms with Crippen molar-refractivity contribution < 1.29 is 9.53 Å². The molecular formula is C16H24Cl2N2O2. The molecule has 0 aliphatic rings. The molecule has 22 heavy (non-hydrogen) atoms. The van der Waals surface area contributed by atoms with Gasteiger partial charge in [0.15, 0.2) is 5.75 Å². The Hall–Kier alpha value is -0.970. The Labute approximate surface area is 142 Å². The van der Waals surface area contributed by atoms with Gasteiger partial charge in [0.25, 0.3) is 0 Å². The molecular weight excluding hydrogens is 323 g/mol. The van der Waals surface area contributed by atoms with Crippen molar-refractivity contribution in [1.29, 1.82) is 0 Å². The molecule has 0 saturated heterocycles. The minimum atomic E-state index is -0.257. The van der Waals surface area contributed by atoms with Crippen LogP contribution in [0.1, 0.15) is 30.9 Å². The third-order valence-corrected chi connectivity index (χ3v) is 3.69. The third-order valence-electron chi connectivity index (χ3n) is 3.35. The van der Waals surface area contributed by atoms with Crippen molar-refractivity contribution in [3.63, 3.8) is 0 Å². The molecule has 1 aromatic rings. The first-order valence-corrected chi connectivity index (χ1v) is 8.53. The number of rotatable bonds is 9. The first kappa shape index (κ1) is 19.1. The zero-order valence-electron chi connectivity index (χ0n) is 13.2. The van der Waals surface area contributed by atoms with E-state index in [4.69, 9.17) is 33.7 Å². The van der Waals surface area contributed by atoms with Crippen molar-refractivity contribution in [2.45, 2.75) is 33.2 Å². The number of nitrogens with two attached hydrogens (primary N) is 1. The Morgan fingerprint density at radius 1 is 1.27 bits per heavy atom. The van der Waals surface area contributed by atoms with Crippen LogP contribution in [0.3, 0.4) is 0 Å². The molecule has 0 bridgehead atoms. The van der Waals surface area contributed by atoms with E-state index in [1.54, 1.807) is 0 Å². The average Bonchev–Trinajstić information content (AvgIpc) is 2.47. The Balaban J connectivity index is 2.94. The van der Waals surface area contributed by atoms with E-state index in [1.807, 2.05) is 26.0 Å². The van der Waals surface area contributed by atoms with Crippen LogP contribution in [0.5, 0.6) is 5.75 Å². The zero-order valence-corrected chi connectivity index (χ0v) is 14.7. The van der Waals surface area contributed by atoms with Crippen molar-refractivity contribution in [1.82, 2.24) is 4.90 Å². The van der Waals surface area contributed by atoms with Crippen LogP contribution in [-0.2, 0) is 11.3 Å². The van der Waals surface area contributed by atoms with Crippen molar-refractivity contribution in [3.8, 4) is 5.75 Å². The summed E-state index contributed by atoms with van der Waals surface area (Å²) < 4.78 is 5.42. The maximum absolute atomic E-state index is 11.7. The van der Waals surface area contributed by atoms with Gasteiger partial charge in [0.05, 0.1) is 5.69 Å². The van der Waals surface area contributed by atoms with Crippen LogP contribution < -0.4 is 10.5 Å². The van der Waals surface area contributed by atoms with E-state index in [0.29, 0.717) is 36.2 Å². The molecule has 1 aromatic carbocycles. The third kappa shape index (κ3) is 5.67. The molecule has 0 heterocycles. The van der Waals surface area contributed by atoms with Gasteiger partial charge in [0.1, 0.15) is 0 Å². The minimum absolute atomic E-state index is 0.257. The van der Waals surface area contributed by atoms with Crippen LogP contribution in [-0.4, -0.2) is 35.7 Å². The van der Waals surface area contributed by atoms with Crippen molar-refractivity contribution in [2.24, 2.45) is 0 Å². The molecule has 0 radical (unpaired) electrons. The number of halogens is 2. The quantitative estimate of drug-likeness (QED) is 0.321. The summed E-state index contributed by atoms with van der Waals surface area (Å²) in [6, 6.07) is 3.87. The van der Waals surface area contributed by atoms with Crippen LogP contribution in [0.4, 0.5) is 5.69 Å². The predicted octanol–water partition coefficient (Wildman–Crippen LogP) is 3.56. The molecule has 6 heteroatoms. The number of ether oxygens (including phenoxy) is 1. The monoisotopic (exact) mass is 346 g/mol. The van der Waals surface area contributed by atoms with Gasteiger partial charge in [-0.15, -0.1) is 23.2 Å². The van der Waals surface area contributed by atoms with Crippen molar-refractivity contribution in [3.05, 3.63) is 23.3 Å². The van der Waals surface area contributed by atoms with Crippen molar-refractivity contribution >= 4 is 34.9 Å². The summed E-state index contributed by atoms with van der Waals surface area (Å²) in [6.07, 6.45) is 1.13. The van der Waals surface area contributed by atoms with Gasteiger partial charge in [0, 0.05) is 37.8 Å². The number of anilines is 1. The molecule has 4 nitrogen and oxygen atoms in total. The van der Waals surface area contributed by atoms with E-state index < -0.39 is 0 Å². The van der Waals surface area contributed by atoms with Gasteiger partial charge in [0.2, 0.25) is 0 Å². The van der Waals surface area contributed by atoms with Gasteiger partial charge in [-0.05, 0) is 24.5 Å². The second-order valence-corrected chi connectivity index (χ2v) is 5.92. The second kappa shape index (κ2) is 9.93. The number of nitrogen functional groups attached to an aromatic ring is 1. The minimum Gasteiger partial charge on any atom is -0.424 e. The lowest BCUT2D eigenvalue weighted by molar-refractivity contribution is -0.134. The SMILES string of the molecule is CCCC(=O)Oc1c(C)ccc(CN(CCCl)CCCl)c1N. The highest BCUT2D eigenvalue weighted by atomic mass is 35.5. The molecule has 124 valence electrons. The molecule has 2 N–H and O–H groups in total. The Morgan fingerprint density at radius 2 is 1.91 bits per heavy atom. The topological polar surface area (TPSA) is 55.6 Å². The fourth-order valence-corrected chi connectivity index (χ4v) is 2.62. The highest BCUT2D eigenvalue weighted by Gasteiger charge is 2.15. The fraction of sp³-hybridized carbons (Fsp3) is 0.562. The van der Waals surface area contributed by atoms with Crippen LogP contribution in [0.2, 0.25) is 0 Å². The highest BCUT2D eigenvalue weighted by molar-refractivity contribution is 6.18. The summed E-state index contributed by atoms with van der Waals surface area (Å²) >= 11 is 11.6. The van der Waals surface area contributed by atoms with Gasteiger partial charge < -0.3 is 10.5 Å². The number of nitrogens with zero attached hydrogens (tertiary/aromatic N) is 1. The number of aryl methyl sites for hydroxylation is 1. The number of hydrogen-bond donors (Lipinski definition) is 1. The summed E-state index contributed by atoms with van der Waals surface area (Å²) in [5.74, 6) is 1.27. The normalized spacial score (nSPS) is 11.0. The van der Waals surface area contributed by atoms with E-state index in [9.17, 15) is 4.79 Å². The predicted molar refractivity (Wildman–Crippen MR) is 92.9 cm³/mol. The molecule has 0 aliphatic carbocycles. The summed E-state index contributed by atoms with van der Waals surface area (Å²) in [5.41, 5.74) is 8.48. The van der Waals surface area contributed by atoms with Crippen LogP contribution in [0.25, 0.3) is 0 Å². The average molecular weight is 347 g/mol. The lowest BCUT2D eigenvalue weighted by Crippen LogP contribution is -2.28. The summed E-state index contributed by atoms with van der Waals surface area (Å²) in [5, 5.41) is 0. The van der Waals surface area contributed by atoms with Gasteiger partial charge >= 0.3 is 5.97 Å². The number of hydrogen-bond acceptors (Lipinski definition) is 4. The molecule has 0 unspecified atom stereocenters. The first-order chi connectivity index (χ1) is 10.5. The molecule has 0 saturated carbocycles. The number of alkyl halides is 2. The Kier molecular flexibility index (Phi) is 8.61. The maximum Gasteiger partial charge on any atom is 0.311 e. The van der Waals surface area contributed by atoms with Gasteiger partial charge in [-0.3, -0.25) is 9.69 Å². The van der Waals surface area contributed by atoms with Gasteiger partial charge in [-0.2, -0.15) is 0 Å². The van der Waals surface area contributed by atoms with Gasteiger partial charge in [-0.25, -0.2) is 0 Å². The van der Waals surface area contributed by atoms with E-state index >= 15 is 0 Å². The first-order valence-electron chi connectivity index (χ1n) is 7.46. The Bertz CT molecular complexity index is 489. The molecule has 0 aromatic heterocycles.